The lowest BCUT2D eigenvalue weighted by atomic mass is 9.86. The molecule has 23 heavy (non-hydrogen) atoms. The Morgan fingerprint density at radius 1 is 1.35 bits per heavy atom. The first-order valence-electron chi connectivity index (χ1n) is 7.96. The number of alkyl carbamates (subject to hydrolysis) is 1. The van der Waals surface area contributed by atoms with Crippen molar-refractivity contribution in [2.45, 2.75) is 56.2 Å². The van der Waals surface area contributed by atoms with Crippen LogP contribution in [0.5, 0.6) is 0 Å². The van der Waals surface area contributed by atoms with E-state index in [2.05, 4.69) is 29.3 Å². The molecule has 0 saturated heterocycles. The van der Waals surface area contributed by atoms with Gasteiger partial charge in [-0.2, -0.15) is 0 Å². The van der Waals surface area contributed by atoms with E-state index in [9.17, 15) is 4.79 Å². The van der Waals surface area contributed by atoms with Crippen molar-refractivity contribution in [1.82, 2.24) is 5.32 Å². The molecular weight excluding hydrogens is 308 g/mol. The van der Waals surface area contributed by atoms with Crippen LogP contribution in [0.2, 0.25) is 0 Å². The molecule has 0 bridgehead atoms. The lowest BCUT2D eigenvalue weighted by Crippen LogP contribution is -2.50. The molecule has 0 unspecified atom stereocenters. The van der Waals surface area contributed by atoms with Gasteiger partial charge in [-0.3, -0.25) is 0 Å². The highest BCUT2D eigenvalue weighted by Crippen LogP contribution is 2.31. The Morgan fingerprint density at radius 3 is 2.70 bits per heavy atom. The van der Waals surface area contributed by atoms with Gasteiger partial charge in [0.1, 0.15) is 5.60 Å². The summed E-state index contributed by atoms with van der Waals surface area (Å²) in [7, 11) is 0. The minimum atomic E-state index is -0.452. The molecule has 1 aliphatic rings. The number of carbonyl (C=O) groups is 1. The highest BCUT2D eigenvalue weighted by Gasteiger charge is 2.31. The fraction of sp³-hybridized carbons (Fsp3) is 0.500. The Hall–Kier alpha value is -1.62. The van der Waals surface area contributed by atoms with Crippen molar-refractivity contribution in [3.8, 4) is 0 Å². The maximum atomic E-state index is 11.7. The Morgan fingerprint density at radius 2 is 2.04 bits per heavy atom. The molecule has 1 amide bonds. The maximum absolute atomic E-state index is 11.7. The number of para-hydroxylation sites is 1. The van der Waals surface area contributed by atoms with E-state index in [1.54, 1.807) is 11.8 Å². The van der Waals surface area contributed by atoms with Crippen LogP contribution in [0.4, 0.5) is 10.5 Å². The van der Waals surface area contributed by atoms with Gasteiger partial charge in [0.25, 0.3) is 0 Å². The summed E-state index contributed by atoms with van der Waals surface area (Å²) in [4.78, 5) is 13.0. The molecule has 2 rings (SSSR count). The third kappa shape index (κ3) is 5.82. The minimum absolute atomic E-state index is 0.190. The average Bonchev–Trinajstić information content (AvgIpc) is 2.42. The second-order valence-corrected chi connectivity index (χ2v) is 7.81. The van der Waals surface area contributed by atoms with Crippen molar-refractivity contribution in [2.24, 2.45) is 0 Å². The van der Waals surface area contributed by atoms with Crippen LogP contribution in [0, 0.1) is 0 Å². The number of hydrogen-bond acceptors (Lipinski definition) is 4. The number of carbonyl (C=O) groups excluding carboxylic acids is 1. The van der Waals surface area contributed by atoms with Crippen molar-refractivity contribution in [3.63, 3.8) is 0 Å². The zero-order chi connectivity index (χ0) is 16.9. The minimum Gasteiger partial charge on any atom is -0.444 e. The van der Waals surface area contributed by atoms with E-state index in [1.807, 2.05) is 39.0 Å². The molecule has 0 aliphatic heterocycles. The zero-order valence-electron chi connectivity index (χ0n) is 14.1. The number of benzene rings is 1. The van der Waals surface area contributed by atoms with E-state index >= 15 is 0 Å². The van der Waals surface area contributed by atoms with Gasteiger partial charge >= 0.3 is 6.09 Å². The van der Waals surface area contributed by atoms with E-state index in [0.717, 1.165) is 24.3 Å². The maximum Gasteiger partial charge on any atom is 0.407 e. The summed E-state index contributed by atoms with van der Waals surface area (Å²) < 4.78 is 5.28. The Balaban J connectivity index is 1.78. The third-order valence-electron chi connectivity index (χ3n) is 3.46. The average molecular weight is 334 g/mol. The first-order valence-corrected chi connectivity index (χ1v) is 8.94. The van der Waals surface area contributed by atoms with Gasteiger partial charge in [0.05, 0.1) is 0 Å². The van der Waals surface area contributed by atoms with Gasteiger partial charge in [-0.25, -0.2) is 4.79 Å². The Labute approximate surface area is 143 Å². The van der Waals surface area contributed by atoms with Crippen LogP contribution >= 0.6 is 11.8 Å². The summed E-state index contributed by atoms with van der Waals surface area (Å²) in [5.41, 5.74) is 0.701. The number of rotatable bonds is 6. The second-order valence-electron chi connectivity index (χ2n) is 6.75. The third-order valence-corrected chi connectivity index (χ3v) is 4.53. The number of thioether (sulfide) groups is 1. The second kappa shape index (κ2) is 7.77. The van der Waals surface area contributed by atoms with Gasteiger partial charge in [-0.05, 0) is 45.7 Å². The van der Waals surface area contributed by atoms with Crippen molar-refractivity contribution in [3.05, 3.63) is 36.9 Å². The van der Waals surface area contributed by atoms with Crippen LogP contribution in [0.3, 0.4) is 0 Å². The summed E-state index contributed by atoms with van der Waals surface area (Å²) in [6, 6.07) is 8.88. The summed E-state index contributed by atoms with van der Waals surface area (Å²) in [5.74, 6) is 0.895. The Bertz CT molecular complexity index is 548. The summed E-state index contributed by atoms with van der Waals surface area (Å²) >= 11 is 1.77. The van der Waals surface area contributed by atoms with E-state index in [1.165, 1.54) is 4.90 Å². The first-order chi connectivity index (χ1) is 10.9. The number of nitrogens with one attached hydrogen (secondary N) is 2. The van der Waals surface area contributed by atoms with Crippen molar-refractivity contribution < 1.29 is 9.53 Å². The fourth-order valence-corrected chi connectivity index (χ4v) is 3.16. The van der Waals surface area contributed by atoms with E-state index in [0.29, 0.717) is 6.04 Å². The SMILES string of the molecule is C=CCSc1ccccc1NC1CC(NC(=O)OC(C)(C)C)C1. The smallest absolute Gasteiger partial charge is 0.407 e. The molecule has 4 nitrogen and oxygen atoms in total. The molecule has 0 heterocycles. The van der Waals surface area contributed by atoms with Gasteiger partial charge in [-0.1, -0.05) is 18.2 Å². The highest BCUT2D eigenvalue weighted by molar-refractivity contribution is 7.99. The van der Waals surface area contributed by atoms with E-state index < -0.39 is 5.60 Å². The Kier molecular flexibility index (Phi) is 5.99. The van der Waals surface area contributed by atoms with Crippen molar-refractivity contribution in [2.75, 3.05) is 11.1 Å². The standard InChI is InChI=1S/C18H26N2O2S/c1-5-10-23-16-9-7-6-8-15(16)19-13-11-14(12-13)20-17(21)22-18(2,3)4/h5-9,13-14,19H,1,10-12H2,2-4H3,(H,20,21). The van der Waals surface area contributed by atoms with E-state index in [4.69, 9.17) is 4.74 Å². The lowest BCUT2D eigenvalue weighted by Gasteiger charge is -2.37. The topological polar surface area (TPSA) is 50.4 Å². The molecule has 5 heteroatoms. The molecule has 1 fully saturated rings. The van der Waals surface area contributed by atoms with Gasteiger partial charge in [-0.15, -0.1) is 18.3 Å². The predicted molar refractivity (Wildman–Crippen MR) is 97.2 cm³/mol. The molecule has 1 aliphatic carbocycles. The van der Waals surface area contributed by atoms with Crippen LogP contribution in [0.1, 0.15) is 33.6 Å². The van der Waals surface area contributed by atoms with Crippen LogP contribution in [-0.4, -0.2) is 29.5 Å². The molecule has 1 aromatic carbocycles. The first kappa shape index (κ1) is 17.7. The van der Waals surface area contributed by atoms with Gasteiger partial charge in [0, 0.05) is 28.4 Å². The van der Waals surface area contributed by atoms with Crippen molar-refractivity contribution in [1.29, 1.82) is 0 Å². The number of ether oxygens (including phenoxy) is 1. The van der Waals surface area contributed by atoms with Crippen LogP contribution in [0.25, 0.3) is 0 Å². The van der Waals surface area contributed by atoms with Gasteiger partial charge < -0.3 is 15.4 Å². The number of amides is 1. The fourth-order valence-electron chi connectivity index (χ4n) is 2.41. The normalized spacial score (nSPS) is 20.3. The molecule has 1 saturated carbocycles. The molecule has 0 atom stereocenters. The molecule has 2 N–H and O–H groups in total. The molecule has 0 radical (unpaired) electrons. The number of hydrogen-bond donors (Lipinski definition) is 2. The largest absolute Gasteiger partial charge is 0.444 e. The molecular formula is C18H26N2O2S. The molecule has 1 aromatic rings. The van der Waals surface area contributed by atoms with Crippen LogP contribution in [-0.2, 0) is 4.74 Å². The number of anilines is 1. The van der Waals surface area contributed by atoms with Gasteiger partial charge in [0.15, 0.2) is 0 Å². The van der Waals surface area contributed by atoms with Crippen LogP contribution in [0.15, 0.2) is 41.8 Å². The molecule has 0 aromatic heterocycles. The van der Waals surface area contributed by atoms with Crippen LogP contribution < -0.4 is 10.6 Å². The molecule has 126 valence electrons. The zero-order valence-corrected chi connectivity index (χ0v) is 14.9. The predicted octanol–water partition coefficient (Wildman–Crippen LogP) is 4.43. The van der Waals surface area contributed by atoms with Gasteiger partial charge in [0.2, 0.25) is 0 Å². The monoisotopic (exact) mass is 334 g/mol. The molecule has 0 spiro atoms. The summed E-state index contributed by atoms with van der Waals surface area (Å²) in [5, 5.41) is 6.48. The quantitative estimate of drug-likeness (QED) is 0.597. The van der Waals surface area contributed by atoms with E-state index in [-0.39, 0.29) is 12.1 Å². The summed E-state index contributed by atoms with van der Waals surface area (Å²) in [6.45, 7) is 9.37. The lowest BCUT2D eigenvalue weighted by molar-refractivity contribution is 0.0475. The highest BCUT2D eigenvalue weighted by atomic mass is 32.2. The summed E-state index contributed by atoms with van der Waals surface area (Å²) in [6.07, 6.45) is 3.41. The van der Waals surface area contributed by atoms with Crippen molar-refractivity contribution >= 4 is 23.5 Å².